The van der Waals surface area contributed by atoms with Gasteiger partial charge in [-0.1, -0.05) is 47.6 Å². The smallest absolute Gasteiger partial charge is 0.184 e. The average Bonchev–Trinajstić information content (AvgIpc) is 2.86. The number of azide groups is 1. The molecule has 6 atom stereocenters. The average molecular weight is 456 g/mol. The number of ether oxygens (including phenoxy) is 6. The van der Waals surface area contributed by atoms with Crippen molar-refractivity contribution in [1.82, 2.24) is 0 Å². The van der Waals surface area contributed by atoms with Gasteiger partial charge in [0.15, 0.2) is 12.6 Å². The standard InChI is InChI=1S/C24H29N3O6/c1-3-29-22-20(26-27-25)24(30-14-13-16-7-5-4-6-8-16)32-19-15-31-23(33-21(19)22)17-9-11-18(28-2)12-10-17/h4-12,19-24H,3,13-15H2,1-2H3. The molecule has 0 amide bonds. The zero-order valence-electron chi connectivity index (χ0n) is 18.8. The molecule has 0 aliphatic carbocycles. The summed E-state index contributed by atoms with van der Waals surface area (Å²) in [6.45, 7) is 3.04. The van der Waals surface area contributed by atoms with E-state index in [4.69, 9.17) is 28.4 Å². The Bertz CT molecular complexity index is 922. The van der Waals surface area contributed by atoms with E-state index in [9.17, 15) is 5.53 Å². The highest BCUT2D eigenvalue weighted by molar-refractivity contribution is 5.28. The molecule has 0 aromatic heterocycles. The summed E-state index contributed by atoms with van der Waals surface area (Å²) in [5, 5.41) is 3.97. The van der Waals surface area contributed by atoms with Crippen LogP contribution in [-0.4, -0.2) is 57.6 Å². The minimum atomic E-state index is -0.757. The van der Waals surface area contributed by atoms with E-state index in [1.165, 1.54) is 0 Å². The molecule has 2 aliphatic heterocycles. The Hall–Kier alpha value is -2.65. The van der Waals surface area contributed by atoms with Crippen molar-refractivity contribution in [3.63, 3.8) is 0 Å². The number of hydrogen-bond donors (Lipinski definition) is 0. The minimum absolute atomic E-state index is 0.298. The fourth-order valence-corrected chi connectivity index (χ4v) is 4.13. The maximum absolute atomic E-state index is 9.22. The van der Waals surface area contributed by atoms with E-state index < -0.39 is 36.9 Å². The Morgan fingerprint density at radius 1 is 1.06 bits per heavy atom. The molecule has 0 bridgehead atoms. The van der Waals surface area contributed by atoms with Gasteiger partial charge in [-0.05, 0) is 36.6 Å². The van der Waals surface area contributed by atoms with Crippen LogP contribution >= 0.6 is 0 Å². The first-order chi connectivity index (χ1) is 16.2. The van der Waals surface area contributed by atoms with Crippen LogP contribution in [0.2, 0.25) is 0 Å². The maximum Gasteiger partial charge on any atom is 0.184 e. The number of fused-ring (bicyclic) bond motifs is 1. The van der Waals surface area contributed by atoms with E-state index in [-0.39, 0.29) is 0 Å². The number of hydrogen-bond acceptors (Lipinski definition) is 7. The van der Waals surface area contributed by atoms with Crippen LogP contribution in [0.3, 0.4) is 0 Å². The van der Waals surface area contributed by atoms with Crippen LogP contribution in [0, 0.1) is 0 Å². The molecule has 2 saturated heterocycles. The van der Waals surface area contributed by atoms with Crippen molar-refractivity contribution in [2.24, 2.45) is 5.11 Å². The van der Waals surface area contributed by atoms with Crippen molar-refractivity contribution in [1.29, 1.82) is 0 Å². The van der Waals surface area contributed by atoms with E-state index in [1.54, 1.807) is 7.11 Å². The maximum atomic E-state index is 9.22. The Labute approximate surface area is 193 Å². The Morgan fingerprint density at radius 3 is 2.55 bits per heavy atom. The molecule has 2 fully saturated rings. The number of rotatable bonds is 9. The summed E-state index contributed by atoms with van der Waals surface area (Å²) in [7, 11) is 1.62. The minimum Gasteiger partial charge on any atom is -0.497 e. The second kappa shape index (κ2) is 11.5. The van der Waals surface area contributed by atoms with Gasteiger partial charge in [0.25, 0.3) is 0 Å². The lowest BCUT2D eigenvalue weighted by atomic mass is 9.96. The van der Waals surface area contributed by atoms with Gasteiger partial charge in [-0.2, -0.15) is 0 Å². The van der Waals surface area contributed by atoms with Crippen LogP contribution in [0.15, 0.2) is 59.7 Å². The number of nitrogens with zero attached hydrogens (tertiary/aromatic N) is 3. The molecule has 9 heteroatoms. The van der Waals surface area contributed by atoms with E-state index in [0.29, 0.717) is 26.2 Å². The zero-order chi connectivity index (χ0) is 23.0. The van der Waals surface area contributed by atoms with Gasteiger partial charge in [-0.25, -0.2) is 0 Å². The third-order valence-electron chi connectivity index (χ3n) is 5.75. The summed E-state index contributed by atoms with van der Waals surface area (Å²) in [5.74, 6) is 0.750. The van der Waals surface area contributed by atoms with Gasteiger partial charge in [0, 0.05) is 17.1 Å². The topological polar surface area (TPSA) is 104 Å². The molecule has 33 heavy (non-hydrogen) atoms. The third kappa shape index (κ3) is 5.65. The van der Waals surface area contributed by atoms with E-state index in [1.807, 2.05) is 61.5 Å². The molecule has 4 rings (SSSR count). The highest BCUT2D eigenvalue weighted by atomic mass is 16.7. The normalized spacial score (nSPS) is 29.0. The van der Waals surface area contributed by atoms with Crippen LogP contribution in [0.5, 0.6) is 5.75 Å². The molecule has 0 radical (unpaired) electrons. The predicted octanol–water partition coefficient (Wildman–Crippen LogP) is 4.18. The first-order valence-electron chi connectivity index (χ1n) is 11.1. The molecule has 2 aromatic carbocycles. The molecule has 0 spiro atoms. The summed E-state index contributed by atoms with van der Waals surface area (Å²) in [6, 6.07) is 16.8. The lowest BCUT2D eigenvalue weighted by molar-refractivity contribution is -0.345. The van der Waals surface area contributed by atoms with Crippen molar-refractivity contribution in [2.45, 2.75) is 50.3 Å². The van der Waals surface area contributed by atoms with Gasteiger partial charge < -0.3 is 28.4 Å². The molecular weight excluding hydrogens is 426 g/mol. The molecule has 2 aliphatic rings. The fraction of sp³-hybridized carbons (Fsp3) is 0.500. The lowest BCUT2D eigenvalue weighted by Gasteiger charge is -2.48. The third-order valence-corrected chi connectivity index (χ3v) is 5.75. The Morgan fingerprint density at radius 2 is 1.85 bits per heavy atom. The van der Waals surface area contributed by atoms with Crippen LogP contribution < -0.4 is 4.74 Å². The van der Waals surface area contributed by atoms with Crippen LogP contribution in [0.4, 0.5) is 0 Å². The second-order valence-corrected chi connectivity index (χ2v) is 7.80. The molecule has 176 valence electrons. The number of methoxy groups -OCH3 is 1. The van der Waals surface area contributed by atoms with Gasteiger partial charge in [-0.15, -0.1) is 0 Å². The van der Waals surface area contributed by atoms with Gasteiger partial charge in [0.2, 0.25) is 0 Å². The fourth-order valence-electron chi connectivity index (χ4n) is 4.13. The molecule has 2 aromatic rings. The molecule has 0 N–H and O–H groups in total. The van der Waals surface area contributed by atoms with Crippen molar-refractivity contribution >= 4 is 0 Å². The molecular formula is C24H29N3O6. The van der Waals surface area contributed by atoms with E-state index in [2.05, 4.69) is 10.0 Å². The van der Waals surface area contributed by atoms with E-state index >= 15 is 0 Å². The van der Waals surface area contributed by atoms with Gasteiger partial charge in [0.1, 0.15) is 24.0 Å². The van der Waals surface area contributed by atoms with Gasteiger partial charge in [0.05, 0.1) is 26.4 Å². The molecule has 9 nitrogen and oxygen atoms in total. The first kappa shape index (κ1) is 23.5. The van der Waals surface area contributed by atoms with Crippen molar-refractivity contribution < 1.29 is 28.4 Å². The number of benzene rings is 2. The van der Waals surface area contributed by atoms with Crippen molar-refractivity contribution in [2.75, 3.05) is 26.9 Å². The summed E-state index contributed by atoms with van der Waals surface area (Å²) in [5.41, 5.74) is 11.2. The SMILES string of the molecule is CCOC1C(N=[N+]=[N-])C(OCCc2ccccc2)OC2COC(c3ccc(OC)cc3)OC21. The summed E-state index contributed by atoms with van der Waals surface area (Å²) in [6.07, 6.45) is -2.06. The molecule has 2 heterocycles. The first-order valence-corrected chi connectivity index (χ1v) is 11.1. The van der Waals surface area contributed by atoms with Crippen molar-refractivity contribution in [3.8, 4) is 5.75 Å². The zero-order valence-corrected chi connectivity index (χ0v) is 18.8. The van der Waals surface area contributed by atoms with Crippen molar-refractivity contribution in [3.05, 3.63) is 76.2 Å². The Balaban J connectivity index is 1.47. The second-order valence-electron chi connectivity index (χ2n) is 7.80. The molecule has 0 saturated carbocycles. The summed E-state index contributed by atoms with van der Waals surface area (Å²) in [4.78, 5) is 3.03. The molecule has 6 unspecified atom stereocenters. The predicted molar refractivity (Wildman–Crippen MR) is 120 cm³/mol. The van der Waals surface area contributed by atoms with Crippen LogP contribution in [0.25, 0.3) is 10.4 Å². The summed E-state index contributed by atoms with van der Waals surface area (Å²) < 4.78 is 35.6. The van der Waals surface area contributed by atoms with E-state index in [0.717, 1.165) is 16.9 Å². The van der Waals surface area contributed by atoms with Gasteiger partial charge in [-0.3, -0.25) is 0 Å². The largest absolute Gasteiger partial charge is 0.497 e. The quantitative estimate of drug-likeness (QED) is 0.319. The highest BCUT2D eigenvalue weighted by Crippen LogP contribution is 2.37. The van der Waals surface area contributed by atoms with Crippen LogP contribution in [-0.2, 0) is 30.1 Å². The monoisotopic (exact) mass is 455 g/mol. The Kier molecular flexibility index (Phi) is 8.17. The highest BCUT2D eigenvalue weighted by Gasteiger charge is 2.50. The summed E-state index contributed by atoms with van der Waals surface area (Å²) >= 11 is 0. The van der Waals surface area contributed by atoms with Gasteiger partial charge >= 0.3 is 0 Å². The lowest BCUT2D eigenvalue weighted by Crippen LogP contribution is -2.62. The van der Waals surface area contributed by atoms with Crippen LogP contribution in [0.1, 0.15) is 24.3 Å².